The summed E-state index contributed by atoms with van der Waals surface area (Å²) < 4.78 is 0. The predicted molar refractivity (Wildman–Crippen MR) is 68.9 cm³/mol. The molecule has 0 spiro atoms. The van der Waals surface area contributed by atoms with E-state index in [1.54, 1.807) is 0 Å². The van der Waals surface area contributed by atoms with Gasteiger partial charge in [-0.05, 0) is 37.6 Å². The molecule has 0 heterocycles. The molecule has 0 aliphatic rings. The van der Waals surface area contributed by atoms with Gasteiger partial charge in [0.15, 0.2) is 0 Å². The van der Waals surface area contributed by atoms with E-state index in [-0.39, 0.29) is 0 Å². The second-order valence-corrected chi connectivity index (χ2v) is 4.92. The lowest BCUT2D eigenvalue weighted by atomic mass is 9.96. The van der Waals surface area contributed by atoms with Crippen LogP contribution in [-0.4, -0.2) is 23.8 Å². The molecule has 0 radical (unpaired) electrons. The minimum absolute atomic E-state index is 0.605. The van der Waals surface area contributed by atoms with Gasteiger partial charge in [0.05, 0.1) is 5.60 Å². The molecule has 0 saturated heterocycles. The van der Waals surface area contributed by atoms with Crippen molar-refractivity contribution in [2.24, 2.45) is 0 Å². The van der Waals surface area contributed by atoms with Gasteiger partial charge in [0, 0.05) is 18.0 Å². The van der Waals surface area contributed by atoms with E-state index in [1.807, 2.05) is 31.2 Å². The van der Waals surface area contributed by atoms with E-state index < -0.39 is 5.60 Å². The molecule has 1 aromatic carbocycles. The van der Waals surface area contributed by atoms with Crippen molar-refractivity contribution >= 4 is 11.6 Å². The first-order valence-electron chi connectivity index (χ1n) is 5.71. The molecule has 1 unspecified atom stereocenters. The van der Waals surface area contributed by atoms with Gasteiger partial charge in [-0.1, -0.05) is 30.7 Å². The van der Waals surface area contributed by atoms with E-state index in [0.29, 0.717) is 13.0 Å². The molecule has 0 fully saturated rings. The Balaban J connectivity index is 2.51. The van der Waals surface area contributed by atoms with Crippen LogP contribution in [0.4, 0.5) is 0 Å². The third-order valence-electron chi connectivity index (χ3n) is 2.41. The average Bonchev–Trinajstić information content (AvgIpc) is 2.17. The van der Waals surface area contributed by atoms with Gasteiger partial charge in [-0.3, -0.25) is 0 Å². The van der Waals surface area contributed by atoms with Gasteiger partial charge in [0.25, 0.3) is 0 Å². The second-order valence-electron chi connectivity index (χ2n) is 4.48. The molecule has 0 aliphatic heterocycles. The van der Waals surface area contributed by atoms with E-state index in [2.05, 4.69) is 12.2 Å². The van der Waals surface area contributed by atoms with E-state index >= 15 is 0 Å². The Hall–Kier alpha value is -0.570. The number of hydrogen-bond donors (Lipinski definition) is 2. The summed E-state index contributed by atoms with van der Waals surface area (Å²) in [5.41, 5.74) is 0.343. The van der Waals surface area contributed by atoms with Gasteiger partial charge in [0.1, 0.15) is 0 Å². The summed E-state index contributed by atoms with van der Waals surface area (Å²) in [5.74, 6) is 0. The van der Waals surface area contributed by atoms with Crippen molar-refractivity contribution in [1.82, 2.24) is 5.32 Å². The number of rotatable bonds is 6. The molecule has 16 heavy (non-hydrogen) atoms. The van der Waals surface area contributed by atoms with E-state index in [1.165, 1.54) is 0 Å². The molecule has 0 saturated carbocycles. The fourth-order valence-corrected chi connectivity index (χ4v) is 1.90. The molecule has 2 nitrogen and oxygen atoms in total. The van der Waals surface area contributed by atoms with Gasteiger partial charge in [-0.2, -0.15) is 0 Å². The highest BCUT2D eigenvalue weighted by atomic mass is 35.5. The minimum Gasteiger partial charge on any atom is -0.389 e. The Labute approximate surface area is 103 Å². The van der Waals surface area contributed by atoms with Crippen LogP contribution < -0.4 is 5.32 Å². The zero-order valence-corrected chi connectivity index (χ0v) is 10.7. The van der Waals surface area contributed by atoms with E-state index in [9.17, 15) is 5.11 Å². The standard InChI is InChI=1S/C13H20ClNO/c1-3-7-15-10-13(2,16)9-11-5-4-6-12(14)8-11/h4-6,8,15-16H,3,7,9-10H2,1-2H3. The quantitative estimate of drug-likeness (QED) is 0.751. The molecule has 0 amide bonds. The number of nitrogens with one attached hydrogen (secondary N) is 1. The van der Waals surface area contributed by atoms with Crippen LogP contribution in [-0.2, 0) is 6.42 Å². The van der Waals surface area contributed by atoms with Crippen molar-refractivity contribution in [3.63, 3.8) is 0 Å². The highest BCUT2D eigenvalue weighted by Crippen LogP contribution is 2.16. The predicted octanol–water partition coefficient (Wildman–Crippen LogP) is 2.63. The van der Waals surface area contributed by atoms with Crippen LogP contribution in [0.1, 0.15) is 25.8 Å². The maximum atomic E-state index is 10.2. The van der Waals surface area contributed by atoms with Crippen LogP contribution in [0.25, 0.3) is 0 Å². The monoisotopic (exact) mass is 241 g/mol. The summed E-state index contributed by atoms with van der Waals surface area (Å²) in [5, 5.41) is 14.1. The summed E-state index contributed by atoms with van der Waals surface area (Å²) in [6.45, 7) is 5.49. The third-order valence-corrected chi connectivity index (χ3v) is 2.64. The summed E-state index contributed by atoms with van der Waals surface area (Å²) in [4.78, 5) is 0. The highest BCUT2D eigenvalue weighted by Gasteiger charge is 2.20. The smallest absolute Gasteiger partial charge is 0.0783 e. The number of benzene rings is 1. The number of aliphatic hydroxyl groups is 1. The van der Waals surface area contributed by atoms with Gasteiger partial charge in [0.2, 0.25) is 0 Å². The Morgan fingerprint density at radius 3 is 2.81 bits per heavy atom. The normalized spacial score (nSPS) is 14.8. The Morgan fingerprint density at radius 2 is 2.19 bits per heavy atom. The third kappa shape index (κ3) is 4.97. The molecular weight excluding hydrogens is 222 g/mol. The minimum atomic E-state index is -0.722. The first kappa shape index (κ1) is 13.5. The van der Waals surface area contributed by atoms with E-state index in [4.69, 9.17) is 11.6 Å². The number of hydrogen-bond acceptors (Lipinski definition) is 2. The molecule has 0 bridgehead atoms. The van der Waals surface area contributed by atoms with Crippen LogP contribution in [0.5, 0.6) is 0 Å². The van der Waals surface area contributed by atoms with Gasteiger partial charge < -0.3 is 10.4 Å². The van der Waals surface area contributed by atoms with Crippen LogP contribution in [0, 0.1) is 0 Å². The van der Waals surface area contributed by atoms with Crippen molar-refractivity contribution in [3.05, 3.63) is 34.9 Å². The SMILES string of the molecule is CCCNCC(C)(O)Cc1cccc(Cl)c1. The first-order valence-corrected chi connectivity index (χ1v) is 6.09. The maximum Gasteiger partial charge on any atom is 0.0783 e. The molecule has 0 aromatic heterocycles. The van der Waals surface area contributed by atoms with Crippen molar-refractivity contribution in [3.8, 4) is 0 Å². The molecule has 2 N–H and O–H groups in total. The summed E-state index contributed by atoms with van der Waals surface area (Å²) in [6, 6.07) is 7.64. The Bertz CT molecular complexity index is 325. The topological polar surface area (TPSA) is 32.3 Å². The van der Waals surface area contributed by atoms with Crippen LogP contribution >= 0.6 is 11.6 Å². The molecular formula is C13H20ClNO. The molecule has 3 heteroatoms. The second kappa shape index (κ2) is 6.24. The van der Waals surface area contributed by atoms with Crippen LogP contribution in [0.2, 0.25) is 5.02 Å². The largest absolute Gasteiger partial charge is 0.389 e. The van der Waals surface area contributed by atoms with Crippen LogP contribution in [0.3, 0.4) is 0 Å². The molecule has 1 aromatic rings. The molecule has 1 rings (SSSR count). The van der Waals surface area contributed by atoms with E-state index in [0.717, 1.165) is 23.6 Å². The summed E-state index contributed by atoms with van der Waals surface area (Å²) in [7, 11) is 0. The maximum absolute atomic E-state index is 10.2. The lowest BCUT2D eigenvalue weighted by Crippen LogP contribution is -2.39. The lowest BCUT2D eigenvalue weighted by Gasteiger charge is -2.24. The Kier molecular flexibility index (Phi) is 5.26. The van der Waals surface area contributed by atoms with Crippen molar-refractivity contribution in [1.29, 1.82) is 0 Å². The van der Waals surface area contributed by atoms with Crippen molar-refractivity contribution in [2.75, 3.05) is 13.1 Å². The fourth-order valence-electron chi connectivity index (χ4n) is 1.68. The summed E-state index contributed by atoms with van der Waals surface area (Å²) >= 11 is 5.90. The zero-order valence-electron chi connectivity index (χ0n) is 9.96. The van der Waals surface area contributed by atoms with Gasteiger partial charge in [-0.25, -0.2) is 0 Å². The zero-order chi connectivity index (χ0) is 12.0. The van der Waals surface area contributed by atoms with Crippen molar-refractivity contribution < 1.29 is 5.11 Å². The number of halogens is 1. The van der Waals surface area contributed by atoms with Crippen molar-refractivity contribution in [2.45, 2.75) is 32.3 Å². The summed E-state index contributed by atoms with van der Waals surface area (Å²) in [6.07, 6.45) is 1.69. The van der Waals surface area contributed by atoms with Crippen LogP contribution in [0.15, 0.2) is 24.3 Å². The lowest BCUT2D eigenvalue weighted by molar-refractivity contribution is 0.0604. The molecule has 0 aliphatic carbocycles. The molecule has 1 atom stereocenters. The average molecular weight is 242 g/mol. The van der Waals surface area contributed by atoms with Gasteiger partial charge >= 0.3 is 0 Å². The molecule has 90 valence electrons. The highest BCUT2D eigenvalue weighted by molar-refractivity contribution is 6.30. The first-order chi connectivity index (χ1) is 7.53. The van der Waals surface area contributed by atoms with Gasteiger partial charge in [-0.15, -0.1) is 0 Å². The Morgan fingerprint density at radius 1 is 1.44 bits per heavy atom. The fraction of sp³-hybridized carbons (Fsp3) is 0.538.